The largest absolute Gasteiger partial charge is 0.340 e. The Hall–Kier alpha value is -2.56. The third kappa shape index (κ3) is 4.77. The number of hydrogen-bond donors (Lipinski definition) is 1. The van der Waals surface area contributed by atoms with E-state index >= 15 is 0 Å². The van der Waals surface area contributed by atoms with Crippen LogP contribution in [0.25, 0.3) is 0 Å². The average molecular weight is 450 g/mol. The Labute approximate surface area is 178 Å². The fourth-order valence-corrected chi connectivity index (χ4v) is 5.37. The first-order valence-electron chi connectivity index (χ1n) is 9.29. The van der Waals surface area contributed by atoms with E-state index in [2.05, 4.69) is 5.32 Å². The van der Waals surface area contributed by atoms with Crippen LogP contribution in [0.1, 0.15) is 17.3 Å². The highest BCUT2D eigenvalue weighted by Gasteiger charge is 2.29. The van der Waals surface area contributed by atoms with Gasteiger partial charge in [0.25, 0.3) is 5.91 Å². The van der Waals surface area contributed by atoms with E-state index in [1.165, 1.54) is 41.8 Å². The van der Waals surface area contributed by atoms with Crippen LogP contribution in [0, 0.1) is 0 Å². The molecule has 1 aliphatic rings. The second-order valence-corrected chi connectivity index (χ2v) is 10.1. The Morgan fingerprint density at radius 1 is 1.00 bits per heavy atom. The zero-order valence-electron chi connectivity index (χ0n) is 16.7. The summed E-state index contributed by atoms with van der Waals surface area (Å²) in [5, 5.41) is 2.70. The van der Waals surface area contributed by atoms with Crippen LogP contribution in [-0.2, 0) is 25.6 Å². The number of anilines is 1. The van der Waals surface area contributed by atoms with Gasteiger partial charge in [0.15, 0.2) is 0 Å². The molecule has 160 valence electrons. The van der Waals surface area contributed by atoms with Gasteiger partial charge in [-0.05, 0) is 30.3 Å². The SMILES string of the molecule is CC(=O)N1CCN(S(=O)(=O)c2cccc(C(=O)Nc3ccccc3[S@](C)=O)c2)CC1. The first kappa shape index (κ1) is 22.1. The minimum Gasteiger partial charge on any atom is -0.340 e. The summed E-state index contributed by atoms with van der Waals surface area (Å²) >= 11 is 0. The number of nitrogens with zero attached hydrogens (tertiary/aromatic N) is 2. The minimum absolute atomic E-state index is 0.0128. The van der Waals surface area contributed by atoms with Crippen molar-refractivity contribution in [3.8, 4) is 0 Å². The van der Waals surface area contributed by atoms with Gasteiger partial charge in [0.1, 0.15) is 0 Å². The molecular formula is C20H23N3O5S2. The van der Waals surface area contributed by atoms with Gasteiger partial charge in [0.2, 0.25) is 15.9 Å². The van der Waals surface area contributed by atoms with Crippen molar-refractivity contribution >= 4 is 38.3 Å². The number of carbonyl (C=O) groups is 2. The number of para-hydroxylation sites is 1. The number of hydrogen-bond acceptors (Lipinski definition) is 5. The number of sulfonamides is 1. The number of nitrogens with one attached hydrogen (secondary N) is 1. The van der Waals surface area contributed by atoms with Crippen molar-refractivity contribution in [3.63, 3.8) is 0 Å². The summed E-state index contributed by atoms with van der Waals surface area (Å²) in [5.74, 6) is -0.578. The van der Waals surface area contributed by atoms with Gasteiger partial charge < -0.3 is 10.2 Å². The van der Waals surface area contributed by atoms with E-state index in [1.54, 1.807) is 29.2 Å². The quantitative estimate of drug-likeness (QED) is 0.746. The molecule has 2 aromatic rings. The standard InChI is InChI=1S/C20H23N3O5S2/c1-15(24)22-10-12-23(13-11-22)30(27,28)17-7-5-6-16(14-17)20(25)21-18-8-3-4-9-19(18)29(2)26/h3-9,14H,10-13H2,1-2H3,(H,21,25)/t29-/m0/s1. The predicted molar refractivity (Wildman–Crippen MR) is 114 cm³/mol. The van der Waals surface area contributed by atoms with Crippen molar-refractivity contribution in [2.24, 2.45) is 0 Å². The Kier molecular flexibility index (Phi) is 6.69. The number of carbonyl (C=O) groups excluding carboxylic acids is 2. The second-order valence-electron chi connectivity index (χ2n) is 6.84. The van der Waals surface area contributed by atoms with Gasteiger partial charge in [-0.2, -0.15) is 4.31 Å². The zero-order valence-corrected chi connectivity index (χ0v) is 18.3. The Balaban J connectivity index is 1.80. The topological polar surface area (TPSA) is 104 Å². The summed E-state index contributed by atoms with van der Waals surface area (Å²) in [5.41, 5.74) is 0.590. The van der Waals surface area contributed by atoms with Gasteiger partial charge in [0, 0.05) is 44.9 Å². The van der Waals surface area contributed by atoms with E-state index in [1.807, 2.05) is 0 Å². The second kappa shape index (κ2) is 9.07. The summed E-state index contributed by atoms with van der Waals surface area (Å²) in [6.45, 7) is 2.53. The molecule has 0 unspecified atom stereocenters. The maximum atomic E-state index is 13.0. The molecule has 10 heteroatoms. The maximum absolute atomic E-state index is 13.0. The zero-order chi connectivity index (χ0) is 21.9. The molecule has 1 atom stereocenters. The van der Waals surface area contributed by atoms with E-state index in [-0.39, 0.29) is 29.5 Å². The highest BCUT2D eigenvalue weighted by molar-refractivity contribution is 7.89. The van der Waals surface area contributed by atoms with Gasteiger partial charge in [-0.3, -0.25) is 13.8 Å². The lowest BCUT2D eigenvalue weighted by Crippen LogP contribution is -2.49. The lowest BCUT2D eigenvalue weighted by atomic mass is 10.2. The molecule has 0 aromatic heterocycles. The average Bonchev–Trinajstić information content (AvgIpc) is 2.74. The molecule has 0 saturated carbocycles. The lowest BCUT2D eigenvalue weighted by Gasteiger charge is -2.33. The van der Waals surface area contributed by atoms with Crippen LogP contribution in [0.2, 0.25) is 0 Å². The molecule has 2 amide bonds. The molecule has 0 aliphatic carbocycles. The Morgan fingerprint density at radius 3 is 2.30 bits per heavy atom. The van der Waals surface area contributed by atoms with Crippen LogP contribution >= 0.6 is 0 Å². The maximum Gasteiger partial charge on any atom is 0.255 e. The van der Waals surface area contributed by atoms with Crippen LogP contribution in [0.4, 0.5) is 5.69 Å². The Bertz CT molecular complexity index is 1090. The van der Waals surface area contributed by atoms with Gasteiger partial charge in [-0.15, -0.1) is 0 Å². The summed E-state index contributed by atoms with van der Waals surface area (Å²) in [6.07, 6.45) is 1.52. The molecule has 1 saturated heterocycles. The number of amides is 2. The van der Waals surface area contributed by atoms with Gasteiger partial charge >= 0.3 is 0 Å². The van der Waals surface area contributed by atoms with E-state index in [0.29, 0.717) is 23.7 Å². The molecule has 1 fully saturated rings. The van der Waals surface area contributed by atoms with Crippen LogP contribution in [0.3, 0.4) is 0 Å². The highest BCUT2D eigenvalue weighted by Crippen LogP contribution is 2.22. The third-order valence-electron chi connectivity index (χ3n) is 4.86. The van der Waals surface area contributed by atoms with Gasteiger partial charge in [-0.25, -0.2) is 8.42 Å². The van der Waals surface area contributed by atoms with E-state index in [9.17, 15) is 22.2 Å². The number of benzene rings is 2. The molecule has 1 aliphatic heterocycles. The van der Waals surface area contributed by atoms with Crippen LogP contribution < -0.4 is 5.32 Å². The lowest BCUT2D eigenvalue weighted by molar-refractivity contribution is -0.129. The van der Waals surface area contributed by atoms with E-state index in [4.69, 9.17) is 0 Å². The van der Waals surface area contributed by atoms with Crippen LogP contribution in [0.5, 0.6) is 0 Å². The first-order valence-corrected chi connectivity index (χ1v) is 12.3. The fourth-order valence-electron chi connectivity index (χ4n) is 3.21. The molecule has 2 aromatic carbocycles. The van der Waals surface area contributed by atoms with Crippen LogP contribution in [0.15, 0.2) is 58.3 Å². The van der Waals surface area contributed by atoms with Crippen molar-refractivity contribution in [3.05, 3.63) is 54.1 Å². The molecule has 0 spiro atoms. The Morgan fingerprint density at radius 2 is 1.67 bits per heavy atom. The fraction of sp³-hybridized carbons (Fsp3) is 0.300. The van der Waals surface area contributed by atoms with Crippen molar-refractivity contribution in [2.75, 3.05) is 37.8 Å². The van der Waals surface area contributed by atoms with Crippen molar-refractivity contribution in [1.82, 2.24) is 9.21 Å². The highest BCUT2D eigenvalue weighted by atomic mass is 32.2. The van der Waals surface area contributed by atoms with Crippen molar-refractivity contribution < 1.29 is 22.2 Å². The molecule has 0 bridgehead atoms. The van der Waals surface area contributed by atoms with Gasteiger partial charge in [0.05, 0.1) is 26.3 Å². The monoisotopic (exact) mass is 449 g/mol. The molecule has 30 heavy (non-hydrogen) atoms. The van der Waals surface area contributed by atoms with Crippen molar-refractivity contribution in [1.29, 1.82) is 0 Å². The van der Waals surface area contributed by atoms with Crippen molar-refractivity contribution in [2.45, 2.75) is 16.7 Å². The molecule has 1 heterocycles. The molecule has 1 N–H and O–H groups in total. The third-order valence-corrected chi connectivity index (χ3v) is 7.73. The van der Waals surface area contributed by atoms with E-state index < -0.39 is 26.7 Å². The molecular weight excluding hydrogens is 426 g/mol. The van der Waals surface area contributed by atoms with Crippen LogP contribution in [-0.4, -0.2) is 66.1 Å². The first-order chi connectivity index (χ1) is 14.2. The van der Waals surface area contributed by atoms with Gasteiger partial charge in [-0.1, -0.05) is 18.2 Å². The van der Waals surface area contributed by atoms with E-state index in [0.717, 1.165) is 0 Å². The predicted octanol–water partition coefficient (Wildman–Crippen LogP) is 1.53. The normalized spacial score (nSPS) is 16.1. The number of piperazine rings is 1. The molecule has 0 radical (unpaired) electrons. The summed E-state index contributed by atoms with van der Waals surface area (Å²) in [7, 11) is -5.08. The summed E-state index contributed by atoms with van der Waals surface area (Å²) in [6, 6.07) is 12.5. The number of rotatable bonds is 5. The minimum atomic E-state index is -3.79. The molecule has 8 nitrogen and oxygen atoms in total. The molecule has 3 rings (SSSR count). The smallest absolute Gasteiger partial charge is 0.255 e. The summed E-state index contributed by atoms with van der Waals surface area (Å²) < 4.78 is 39.2. The summed E-state index contributed by atoms with van der Waals surface area (Å²) in [4.78, 5) is 26.3.